The Morgan fingerprint density at radius 3 is 2.69 bits per heavy atom. The highest BCUT2D eigenvalue weighted by atomic mass is 15.2. The van der Waals surface area contributed by atoms with Gasteiger partial charge in [-0.25, -0.2) is 0 Å². The van der Waals surface area contributed by atoms with Crippen LogP contribution in [0.3, 0.4) is 0 Å². The first kappa shape index (κ1) is 9.47. The third-order valence-electron chi connectivity index (χ3n) is 3.74. The summed E-state index contributed by atoms with van der Waals surface area (Å²) in [6, 6.07) is 1.17. The van der Waals surface area contributed by atoms with Crippen molar-refractivity contribution in [3.63, 3.8) is 0 Å². The molecule has 76 valence electrons. The monoisotopic (exact) mass is 182 g/mol. The van der Waals surface area contributed by atoms with E-state index >= 15 is 0 Å². The zero-order valence-corrected chi connectivity index (χ0v) is 8.92. The van der Waals surface area contributed by atoms with Gasteiger partial charge in [-0.05, 0) is 44.6 Å². The zero-order valence-electron chi connectivity index (χ0n) is 8.92. The number of likely N-dealkylation sites (tertiary alicyclic amines) is 1. The lowest BCUT2D eigenvalue weighted by Gasteiger charge is -2.37. The number of hydrogen-bond acceptors (Lipinski definition) is 2. The second kappa shape index (κ2) is 3.25. The third kappa shape index (κ3) is 2.23. The van der Waals surface area contributed by atoms with Crippen LogP contribution < -0.4 is 5.73 Å². The van der Waals surface area contributed by atoms with Crippen molar-refractivity contribution >= 4 is 0 Å². The van der Waals surface area contributed by atoms with E-state index in [-0.39, 0.29) is 0 Å². The lowest BCUT2D eigenvalue weighted by molar-refractivity contribution is 0.123. The maximum absolute atomic E-state index is 5.94. The van der Waals surface area contributed by atoms with Crippen molar-refractivity contribution in [2.75, 3.05) is 13.1 Å². The SMILES string of the molecule is CC1CC(N)CCN1CC1(C)CC1. The fraction of sp³-hybridized carbons (Fsp3) is 1.00. The summed E-state index contributed by atoms with van der Waals surface area (Å²) in [5.74, 6) is 0. The normalized spacial score (nSPS) is 39.0. The number of nitrogens with zero attached hydrogens (tertiary/aromatic N) is 1. The van der Waals surface area contributed by atoms with Crippen molar-refractivity contribution in [3.8, 4) is 0 Å². The summed E-state index contributed by atoms with van der Waals surface area (Å²) in [4.78, 5) is 2.64. The summed E-state index contributed by atoms with van der Waals surface area (Å²) in [5, 5.41) is 0. The predicted octanol–water partition coefficient (Wildman–Crippen LogP) is 1.60. The maximum atomic E-state index is 5.94. The van der Waals surface area contributed by atoms with E-state index in [1.807, 2.05) is 0 Å². The fourth-order valence-corrected chi connectivity index (χ4v) is 2.35. The molecule has 2 aliphatic rings. The summed E-state index contributed by atoms with van der Waals surface area (Å²) in [6.45, 7) is 7.26. The molecule has 2 N–H and O–H groups in total. The van der Waals surface area contributed by atoms with Crippen LogP contribution in [0.25, 0.3) is 0 Å². The molecule has 2 rings (SSSR count). The van der Waals surface area contributed by atoms with E-state index < -0.39 is 0 Å². The first-order valence-electron chi connectivity index (χ1n) is 5.59. The van der Waals surface area contributed by atoms with E-state index in [0.717, 1.165) is 0 Å². The highest BCUT2D eigenvalue weighted by Crippen LogP contribution is 2.46. The highest BCUT2D eigenvalue weighted by Gasteiger charge is 2.40. The number of piperidine rings is 1. The minimum Gasteiger partial charge on any atom is -0.328 e. The summed E-state index contributed by atoms with van der Waals surface area (Å²) < 4.78 is 0. The molecular weight excluding hydrogens is 160 g/mol. The van der Waals surface area contributed by atoms with Crippen LogP contribution in [-0.2, 0) is 0 Å². The molecule has 1 saturated heterocycles. The molecule has 1 aliphatic heterocycles. The summed E-state index contributed by atoms with van der Waals surface area (Å²) >= 11 is 0. The van der Waals surface area contributed by atoms with Gasteiger partial charge in [0.25, 0.3) is 0 Å². The Hall–Kier alpha value is -0.0800. The van der Waals surface area contributed by atoms with Crippen LogP contribution in [0.5, 0.6) is 0 Å². The van der Waals surface area contributed by atoms with Gasteiger partial charge >= 0.3 is 0 Å². The van der Waals surface area contributed by atoms with Gasteiger partial charge in [-0.1, -0.05) is 6.92 Å². The van der Waals surface area contributed by atoms with Gasteiger partial charge in [0.2, 0.25) is 0 Å². The molecule has 13 heavy (non-hydrogen) atoms. The Morgan fingerprint density at radius 1 is 1.46 bits per heavy atom. The Labute approximate surface area is 81.5 Å². The first-order chi connectivity index (χ1) is 6.09. The van der Waals surface area contributed by atoms with E-state index in [9.17, 15) is 0 Å². The van der Waals surface area contributed by atoms with Crippen LogP contribution in [0.1, 0.15) is 39.5 Å². The number of nitrogens with two attached hydrogens (primary N) is 1. The number of rotatable bonds is 2. The van der Waals surface area contributed by atoms with Gasteiger partial charge in [-0.2, -0.15) is 0 Å². The molecule has 2 fully saturated rings. The average Bonchev–Trinajstić information content (AvgIpc) is 2.75. The summed E-state index contributed by atoms with van der Waals surface area (Å²) in [5.41, 5.74) is 6.60. The lowest BCUT2D eigenvalue weighted by atomic mass is 9.97. The molecule has 1 heterocycles. The molecule has 1 aliphatic carbocycles. The van der Waals surface area contributed by atoms with E-state index in [0.29, 0.717) is 17.5 Å². The molecule has 0 bridgehead atoms. The molecule has 2 unspecified atom stereocenters. The molecule has 2 nitrogen and oxygen atoms in total. The molecule has 0 radical (unpaired) electrons. The third-order valence-corrected chi connectivity index (χ3v) is 3.74. The van der Waals surface area contributed by atoms with Gasteiger partial charge in [0, 0.05) is 18.6 Å². The van der Waals surface area contributed by atoms with Gasteiger partial charge < -0.3 is 10.6 Å². The minimum atomic E-state index is 0.457. The molecule has 0 aromatic heterocycles. The predicted molar refractivity (Wildman–Crippen MR) is 55.6 cm³/mol. The smallest absolute Gasteiger partial charge is 0.00819 e. The van der Waals surface area contributed by atoms with E-state index in [2.05, 4.69) is 18.7 Å². The van der Waals surface area contributed by atoms with Crippen molar-refractivity contribution in [2.45, 2.75) is 51.6 Å². The molecular formula is C11H22N2. The molecule has 0 amide bonds. The Bertz CT molecular complexity index is 187. The van der Waals surface area contributed by atoms with Gasteiger partial charge in [0.05, 0.1) is 0 Å². The van der Waals surface area contributed by atoms with Gasteiger partial charge in [0.1, 0.15) is 0 Å². The second-order valence-corrected chi connectivity index (χ2v) is 5.41. The van der Waals surface area contributed by atoms with Crippen LogP contribution in [0.15, 0.2) is 0 Å². The lowest BCUT2D eigenvalue weighted by Crippen LogP contribution is -2.47. The van der Waals surface area contributed by atoms with Crippen LogP contribution in [0.2, 0.25) is 0 Å². The first-order valence-corrected chi connectivity index (χ1v) is 5.59. The van der Waals surface area contributed by atoms with Crippen molar-refractivity contribution < 1.29 is 0 Å². The molecule has 2 heteroatoms. The molecule has 0 aromatic rings. The van der Waals surface area contributed by atoms with Crippen LogP contribution in [-0.4, -0.2) is 30.1 Å². The fourth-order valence-electron chi connectivity index (χ4n) is 2.35. The molecule has 0 spiro atoms. The van der Waals surface area contributed by atoms with Gasteiger partial charge in [0.15, 0.2) is 0 Å². The van der Waals surface area contributed by atoms with Crippen LogP contribution in [0, 0.1) is 5.41 Å². The van der Waals surface area contributed by atoms with Gasteiger partial charge in [-0.3, -0.25) is 0 Å². The van der Waals surface area contributed by atoms with E-state index in [1.165, 1.54) is 38.8 Å². The number of hydrogen-bond donors (Lipinski definition) is 1. The van der Waals surface area contributed by atoms with Crippen molar-refractivity contribution in [1.29, 1.82) is 0 Å². The minimum absolute atomic E-state index is 0.457. The molecule has 0 aromatic carbocycles. The zero-order chi connectivity index (χ0) is 9.47. The van der Waals surface area contributed by atoms with Crippen LogP contribution >= 0.6 is 0 Å². The standard InChI is InChI=1S/C11H22N2/c1-9-7-10(12)3-6-13(9)8-11(2)4-5-11/h9-10H,3-8,12H2,1-2H3. The molecule has 1 saturated carbocycles. The maximum Gasteiger partial charge on any atom is 0.00819 e. The van der Waals surface area contributed by atoms with Gasteiger partial charge in [-0.15, -0.1) is 0 Å². The second-order valence-electron chi connectivity index (χ2n) is 5.41. The van der Waals surface area contributed by atoms with E-state index in [1.54, 1.807) is 0 Å². The highest BCUT2D eigenvalue weighted by molar-refractivity contribution is 4.93. The van der Waals surface area contributed by atoms with Crippen LogP contribution in [0.4, 0.5) is 0 Å². The average molecular weight is 182 g/mol. The largest absolute Gasteiger partial charge is 0.328 e. The van der Waals surface area contributed by atoms with Crippen molar-refractivity contribution in [2.24, 2.45) is 11.1 Å². The topological polar surface area (TPSA) is 29.3 Å². The Balaban J connectivity index is 1.85. The summed E-state index contributed by atoms with van der Waals surface area (Å²) in [7, 11) is 0. The Kier molecular flexibility index (Phi) is 2.37. The van der Waals surface area contributed by atoms with E-state index in [4.69, 9.17) is 5.73 Å². The quantitative estimate of drug-likeness (QED) is 0.703. The Morgan fingerprint density at radius 2 is 2.15 bits per heavy atom. The summed E-state index contributed by atoms with van der Waals surface area (Å²) in [6.07, 6.45) is 5.25. The van der Waals surface area contributed by atoms with Crippen molar-refractivity contribution in [3.05, 3.63) is 0 Å². The molecule has 2 atom stereocenters. The van der Waals surface area contributed by atoms with Crippen molar-refractivity contribution in [1.82, 2.24) is 4.90 Å².